The van der Waals surface area contributed by atoms with E-state index in [1.807, 2.05) is 33.9 Å². The van der Waals surface area contributed by atoms with E-state index in [1.165, 1.54) is 0 Å². The first-order chi connectivity index (χ1) is 9.47. The third-order valence-corrected chi connectivity index (χ3v) is 2.77. The predicted octanol–water partition coefficient (Wildman–Crippen LogP) is 2.28. The summed E-state index contributed by atoms with van der Waals surface area (Å²) in [7, 11) is 3.41. The molecule has 2 N–H and O–H groups in total. The van der Waals surface area contributed by atoms with Crippen LogP contribution in [0.3, 0.4) is 0 Å². The number of hydrogen-bond donors (Lipinski definition) is 2. The van der Waals surface area contributed by atoms with Gasteiger partial charge in [0.05, 0.1) is 18.9 Å². The molecule has 0 aliphatic heterocycles. The maximum Gasteiger partial charge on any atom is 0.228 e. The third-order valence-electron chi connectivity index (χ3n) is 2.77. The van der Waals surface area contributed by atoms with Crippen molar-refractivity contribution >= 4 is 11.6 Å². The molecule has 112 valence electrons. The number of benzene rings is 1. The van der Waals surface area contributed by atoms with Gasteiger partial charge in [0, 0.05) is 18.5 Å². The Balaban J connectivity index is 2.92. The molecule has 20 heavy (non-hydrogen) atoms. The largest absolute Gasteiger partial charge is 0.497 e. The average Bonchev–Trinajstić information content (AvgIpc) is 2.40. The maximum atomic E-state index is 12.1. The van der Waals surface area contributed by atoms with Gasteiger partial charge in [0.2, 0.25) is 5.91 Å². The maximum absolute atomic E-state index is 12.1. The highest BCUT2D eigenvalue weighted by atomic mass is 16.5. The smallest absolute Gasteiger partial charge is 0.228 e. The fourth-order valence-electron chi connectivity index (χ4n) is 1.75. The van der Waals surface area contributed by atoms with Gasteiger partial charge < -0.3 is 20.1 Å². The van der Waals surface area contributed by atoms with Crippen LogP contribution in [-0.2, 0) is 4.79 Å². The van der Waals surface area contributed by atoms with Gasteiger partial charge in [-0.15, -0.1) is 0 Å². The summed E-state index contributed by atoms with van der Waals surface area (Å²) in [6.45, 7) is 6.38. The van der Waals surface area contributed by atoms with Crippen LogP contribution in [0.25, 0.3) is 0 Å². The number of nitrogens with one attached hydrogen (secondary N) is 2. The standard InChI is InChI=1S/C15H24N2O3/c1-10(2)20-14-7-6-12(19-5)8-13(14)17-15(18)11(3)9-16-4/h6-8,10-11,16H,9H2,1-5H3,(H,17,18). The zero-order chi connectivity index (χ0) is 15.1. The monoisotopic (exact) mass is 280 g/mol. The molecule has 0 heterocycles. The molecule has 1 aromatic carbocycles. The van der Waals surface area contributed by atoms with Crippen LogP contribution >= 0.6 is 0 Å². The molecular weight excluding hydrogens is 256 g/mol. The second-order valence-corrected chi connectivity index (χ2v) is 4.98. The lowest BCUT2D eigenvalue weighted by Crippen LogP contribution is -2.28. The summed E-state index contributed by atoms with van der Waals surface area (Å²) < 4.78 is 10.9. The molecule has 0 aliphatic carbocycles. The minimum atomic E-state index is -0.127. The summed E-state index contributed by atoms with van der Waals surface area (Å²) in [5.74, 6) is 1.14. The predicted molar refractivity (Wildman–Crippen MR) is 80.5 cm³/mol. The fourth-order valence-corrected chi connectivity index (χ4v) is 1.75. The van der Waals surface area contributed by atoms with Crippen molar-refractivity contribution in [2.24, 2.45) is 5.92 Å². The van der Waals surface area contributed by atoms with Crippen LogP contribution in [0.2, 0.25) is 0 Å². The normalized spacial score (nSPS) is 12.1. The van der Waals surface area contributed by atoms with Crippen LogP contribution in [0.1, 0.15) is 20.8 Å². The molecule has 0 fully saturated rings. The van der Waals surface area contributed by atoms with Gasteiger partial charge in [-0.3, -0.25) is 4.79 Å². The number of hydrogen-bond acceptors (Lipinski definition) is 4. The molecular formula is C15H24N2O3. The van der Waals surface area contributed by atoms with Crippen LogP contribution < -0.4 is 20.1 Å². The van der Waals surface area contributed by atoms with E-state index in [-0.39, 0.29) is 17.9 Å². The second-order valence-electron chi connectivity index (χ2n) is 4.98. The first kappa shape index (κ1) is 16.3. The quantitative estimate of drug-likeness (QED) is 0.804. The molecule has 1 rings (SSSR count). The van der Waals surface area contributed by atoms with Crippen molar-refractivity contribution in [1.82, 2.24) is 5.32 Å². The summed E-state index contributed by atoms with van der Waals surface area (Å²) in [6.07, 6.45) is 0.0359. The molecule has 0 aliphatic rings. The van der Waals surface area contributed by atoms with Crippen molar-refractivity contribution in [3.05, 3.63) is 18.2 Å². The lowest BCUT2D eigenvalue weighted by molar-refractivity contribution is -0.119. The molecule has 1 amide bonds. The van der Waals surface area contributed by atoms with Gasteiger partial charge in [-0.1, -0.05) is 6.92 Å². The minimum Gasteiger partial charge on any atom is -0.497 e. The Morgan fingerprint density at radius 2 is 2.00 bits per heavy atom. The summed E-state index contributed by atoms with van der Waals surface area (Å²) in [5.41, 5.74) is 0.631. The first-order valence-corrected chi connectivity index (χ1v) is 6.78. The summed E-state index contributed by atoms with van der Waals surface area (Å²) in [6, 6.07) is 5.38. The Morgan fingerprint density at radius 1 is 1.30 bits per heavy atom. The Morgan fingerprint density at radius 3 is 2.55 bits per heavy atom. The Hall–Kier alpha value is -1.75. The lowest BCUT2D eigenvalue weighted by atomic mass is 10.1. The number of anilines is 1. The Kier molecular flexibility index (Phi) is 6.31. The Labute approximate surface area is 120 Å². The van der Waals surface area contributed by atoms with Gasteiger partial charge in [-0.2, -0.15) is 0 Å². The highest BCUT2D eigenvalue weighted by Gasteiger charge is 2.15. The van der Waals surface area contributed by atoms with Crippen LogP contribution in [-0.4, -0.2) is 32.7 Å². The minimum absolute atomic E-state index is 0.0359. The molecule has 5 heteroatoms. The van der Waals surface area contributed by atoms with E-state index in [0.29, 0.717) is 23.7 Å². The fraction of sp³-hybridized carbons (Fsp3) is 0.533. The molecule has 0 bridgehead atoms. The van der Waals surface area contributed by atoms with E-state index in [1.54, 1.807) is 19.2 Å². The second kappa shape index (κ2) is 7.75. The molecule has 0 radical (unpaired) electrons. The molecule has 1 atom stereocenters. The summed E-state index contributed by atoms with van der Waals surface area (Å²) >= 11 is 0. The van der Waals surface area contributed by atoms with Gasteiger partial charge in [0.1, 0.15) is 11.5 Å². The van der Waals surface area contributed by atoms with Crippen LogP contribution in [0, 0.1) is 5.92 Å². The van der Waals surface area contributed by atoms with Crippen molar-refractivity contribution in [3.8, 4) is 11.5 Å². The van der Waals surface area contributed by atoms with Gasteiger partial charge in [-0.25, -0.2) is 0 Å². The third kappa shape index (κ3) is 4.74. The van der Waals surface area contributed by atoms with Crippen LogP contribution in [0.15, 0.2) is 18.2 Å². The van der Waals surface area contributed by atoms with Crippen LogP contribution in [0.5, 0.6) is 11.5 Å². The number of methoxy groups -OCH3 is 1. The highest BCUT2D eigenvalue weighted by molar-refractivity contribution is 5.94. The van der Waals surface area contributed by atoms with Gasteiger partial charge in [0.15, 0.2) is 0 Å². The number of ether oxygens (including phenoxy) is 2. The number of carbonyl (C=O) groups excluding carboxylic acids is 1. The van der Waals surface area contributed by atoms with E-state index in [2.05, 4.69) is 10.6 Å². The van der Waals surface area contributed by atoms with Crippen molar-refractivity contribution < 1.29 is 14.3 Å². The van der Waals surface area contributed by atoms with Crippen LogP contribution in [0.4, 0.5) is 5.69 Å². The first-order valence-electron chi connectivity index (χ1n) is 6.78. The summed E-state index contributed by atoms with van der Waals surface area (Å²) in [5, 5.41) is 5.88. The topological polar surface area (TPSA) is 59.6 Å². The van der Waals surface area contributed by atoms with Crippen molar-refractivity contribution in [1.29, 1.82) is 0 Å². The van der Waals surface area contributed by atoms with Crippen molar-refractivity contribution in [2.75, 3.05) is 26.0 Å². The van der Waals surface area contributed by atoms with Gasteiger partial charge in [0.25, 0.3) is 0 Å². The molecule has 0 spiro atoms. The molecule has 1 aromatic rings. The zero-order valence-electron chi connectivity index (χ0n) is 12.8. The zero-order valence-corrected chi connectivity index (χ0v) is 12.8. The molecule has 5 nitrogen and oxygen atoms in total. The van der Waals surface area contributed by atoms with E-state index in [4.69, 9.17) is 9.47 Å². The van der Waals surface area contributed by atoms with Gasteiger partial charge in [-0.05, 0) is 33.0 Å². The number of rotatable bonds is 7. The Bertz CT molecular complexity index is 447. The number of carbonyl (C=O) groups is 1. The average molecular weight is 280 g/mol. The van der Waals surface area contributed by atoms with Crippen molar-refractivity contribution in [3.63, 3.8) is 0 Å². The highest BCUT2D eigenvalue weighted by Crippen LogP contribution is 2.30. The van der Waals surface area contributed by atoms with E-state index >= 15 is 0 Å². The molecule has 1 unspecified atom stereocenters. The van der Waals surface area contributed by atoms with Gasteiger partial charge >= 0.3 is 0 Å². The van der Waals surface area contributed by atoms with E-state index in [9.17, 15) is 4.79 Å². The lowest BCUT2D eigenvalue weighted by Gasteiger charge is -2.17. The molecule has 0 saturated carbocycles. The van der Waals surface area contributed by atoms with Crippen molar-refractivity contribution in [2.45, 2.75) is 26.9 Å². The SMILES string of the molecule is CNCC(C)C(=O)Nc1cc(OC)ccc1OC(C)C. The van der Waals surface area contributed by atoms with E-state index in [0.717, 1.165) is 0 Å². The number of amides is 1. The summed E-state index contributed by atoms with van der Waals surface area (Å²) in [4.78, 5) is 12.1. The molecule has 0 saturated heterocycles. The molecule has 0 aromatic heterocycles. The van der Waals surface area contributed by atoms with E-state index < -0.39 is 0 Å².